The van der Waals surface area contributed by atoms with Gasteiger partial charge in [0.05, 0.1) is 19.3 Å². The van der Waals surface area contributed by atoms with Crippen molar-refractivity contribution in [3.8, 4) is 11.5 Å². The molecule has 0 spiro atoms. The van der Waals surface area contributed by atoms with Gasteiger partial charge in [0.15, 0.2) is 5.25 Å². The highest BCUT2D eigenvalue weighted by Crippen LogP contribution is 2.37. The van der Waals surface area contributed by atoms with Crippen molar-refractivity contribution in [2.24, 2.45) is 4.99 Å². The number of benzene rings is 3. The number of sulfonamides is 1. The predicted molar refractivity (Wildman–Crippen MR) is 122 cm³/mol. The number of hydrogen-bond acceptors (Lipinski definition) is 6. The number of alkyl halides is 2. The molecule has 3 aromatic rings. The lowest BCUT2D eigenvalue weighted by atomic mass is 10.1. The maximum absolute atomic E-state index is 13.5. The maximum atomic E-state index is 13.5. The third-order valence-corrected chi connectivity index (χ3v) is 7.20. The average Bonchev–Trinajstić information content (AvgIpc) is 3.01. The largest absolute Gasteiger partial charge is 0.497 e. The fourth-order valence-electron chi connectivity index (χ4n) is 3.59. The van der Waals surface area contributed by atoms with E-state index in [2.05, 4.69) is 9.73 Å². The van der Waals surface area contributed by atoms with Gasteiger partial charge in [0.1, 0.15) is 17.2 Å². The second-order valence-corrected chi connectivity index (χ2v) is 9.31. The fraction of sp³-hybridized carbons (Fsp3) is 0.167. The van der Waals surface area contributed by atoms with Crippen LogP contribution in [0.1, 0.15) is 16.4 Å². The van der Waals surface area contributed by atoms with Crippen LogP contribution in [-0.2, 0) is 21.4 Å². The van der Waals surface area contributed by atoms with Crippen LogP contribution < -0.4 is 9.47 Å². The van der Waals surface area contributed by atoms with Crippen LogP contribution in [0.25, 0.3) is 0 Å². The second-order valence-electron chi connectivity index (χ2n) is 7.36. The summed E-state index contributed by atoms with van der Waals surface area (Å²) in [6.07, 6.45) is 0. The summed E-state index contributed by atoms with van der Waals surface area (Å²) in [5.74, 6) is -0.231. The van der Waals surface area contributed by atoms with Gasteiger partial charge in [-0.15, -0.1) is 0 Å². The quantitative estimate of drug-likeness (QED) is 0.492. The molecule has 0 bridgehead atoms. The lowest BCUT2D eigenvalue weighted by molar-refractivity contribution is -0.119. The van der Waals surface area contributed by atoms with Crippen LogP contribution in [0.3, 0.4) is 0 Å². The number of nitrogens with zero attached hydrogens (tertiary/aromatic N) is 2. The van der Waals surface area contributed by atoms with Crippen LogP contribution in [0.15, 0.2) is 83.9 Å². The SMILES string of the molecule is COc1ccc(N=C2C(=O)N(Cc3ccc(OC(F)F)cc3)S(=O)(=O)C2c2ccccc2)cc1. The Morgan fingerprint density at radius 1 is 0.941 bits per heavy atom. The summed E-state index contributed by atoms with van der Waals surface area (Å²) in [5, 5.41) is -1.29. The summed E-state index contributed by atoms with van der Waals surface area (Å²) in [6.45, 7) is -3.25. The molecule has 0 saturated carbocycles. The smallest absolute Gasteiger partial charge is 0.387 e. The summed E-state index contributed by atoms with van der Waals surface area (Å²) in [7, 11) is -2.65. The minimum Gasteiger partial charge on any atom is -0.497 e. The molecule has 0 aliphatic carbocycles. The van der Waals surface area contributed by atoms with Crippen LogP contribution >= 0.6 is 0 Å². The molecule has 0 N–H and O–H groups in total. The first kappa shape index (κ1) is 23.4. The molecule has 1 aliphatic rings. The number of methoxy groups -OCH3 is 1. The first-order valence-electron chi connectivity index (χ1n) is 10.2. The molecule has 1 unspecified atom stereocenters. The topological polar surface area (TPSA) is 85.3 Å². The third kappa shape index (κ3) is 4.76. The Morgan fingerprint density at radius 3 is 2.15 bits per heavy atom. The maximum Gasteiger partial charge on any atom is 0.387 e. The summed E-state index contributed by atoms with van der Waals surface area (Å²) in [5.41, 5.74) is 1.10. The molecule has 4 rings (SSSR count). The molecule has 34 heavy (non-hydrogen) atoms. The van der Waals surface area contributed by atoms with Crippen LogP contribution in [0.4, 0.5) is 14.5 Å². The van der Waals surface area contributed by atoms with Crippen LogP contribution in [0.5, 0.6) is 11.5 Å². The van der Waals surface area contributed by atoms with Gasteiger partial charge in [0.25, 0.3) is 15.9 Å². The van der Waals surface area contributed by atoms with E-state index in [0.29, 0.717) is 22.6 Å². The highest BCUT2D eigenvalue weighted by atomic mass is 32.2. The molecule has 1 aliphatic heterocycles. The van der Waals surface area contributed by atoms with Crippen molar-refractivity contribution in [3.05, 3.63) is 90.0 Å². The number of hydrogen-bond donors (Lipinski definition) is 0. The fourth-order valence-corrected chi connectivity index (χ4v) is 5.43. The van der Waals surface area contributed by atoms with Crippen molar-refractivity contribution in [2.45, 2.75) is 18.4 Å². The zero-order valence-electron chi connectivity index (χ0n) is 18.0. The summed E-state index contributed by atoms with van der Waals surface area (Å²) in [6, 6.07) is 20.4. The van der Waals surface area contributed by atoms with Gasteiger partial charge in [0, 0.05) is 0 Å². The summed E-state index contributed by atoms with van der Waals surface area (Å²) < 4.78 is 62.0. The molecule has 1 saturated heterocycles. The molecule has 176 valence electrons. The highest BCUT2D eigenvalue weighted by molar-refractivity contribution is 7.91. The van der Waals surface area contributed by atoms with E-state index < -0.39 is 27.8 Å². The normalized spacial score (nSPS) is 18.5. The van der Waals surface area contributed by atoms with Crippen molar-refractivity contribution >= 4 is 27.3 Å². The van der Waals surface area contributed by atoms with Crippen LogP contribution in [0, 0.1) is 0 Å². The first-order chi connectivity index (χ1) is 16.3. The zero-order valence-corrected chi connectivity index (χ0v) is 18.8. The Labute approximate surface area is 195 Å². The Kier molecular flexibility index (Phi) is 6.60. The number of amides is 1. The van der Waals surface area contributed by atoms with E-state index in [-0.39, 0.29) is 18.0 Å². The standard InChI is InChI=1S/C24H20F2N2O5S/c1-32-19-13-9-18(10-14-19)27-21-22(17-5-3-2-4-6-17)34(30,31)28(23(21)29)15-16-7-11-20(12-8-16)33-24(25)26/h2-14,22,24H,15H2,1H3. The minimum atomic E-state index is -4.16. The number of ether oxygens (including phenoxy) is 2. The molecule has 7 nitrogen and oxygen atoms in total. The van der Waals surface area contributed by atoms with E-state index in [0.717, 1.165) is 4.31 Å². The second kappa shape index (κ2) is 9.60. The van der Waals surface area contributed by atoms with Crippen LogP contribution in [0.2, 0.25) is 0 Å². The van der Waals surface area contributed by atoms with Gasteiger partial charge in [-0.1, -0.05) is 42.5 Å². The van der Waals surface area contributed by atoms with Crippen molar-refractivity contribution < 1.29 is 31.5 Å². The lowest BCUT2D eigenvalue weighted by Crippen LogP contribution is -2.30. The molecule has 0 aromatic heterocycles. The Hall–Kier alpha value is -3.79. The first-order valence-corrected chi connectivity index (χ1v) is 11.7. The molecule has 1 amide bonds. The number of halogens is 2. The molecule has 1 fully saturated rings. The monoisotopic (exact) mass is 486 g/mol. The van der Waals surface area contributed by atoms with Crippen molar-refractivity contribution in [3.63, 3.8) is 0 Å². The number of aliphatic imine (C=N–C) groups is 1. The van der Waals surface area contributed by atoms with Gasteiger partial charge in [-0.05, 0) is 47.5 Å². The van der Waals surface area contributed by atoms with E-state index in [1.807, 2.05) is 0 Å². The molecule has 1 heterocycles. The van der Waals surface area contributed by atoms with Gasteiger partial charge < -0.3 is 9.47 Å². The average molecular weight is 486 g/mol. The van der Waals surface area contributed by atoms with Gasteiger partial charge >= 0.3 is 6.61 Å². The highest BCUT2D eigenvalue weighted by Gasteiger charge is 2.50. The molecular weight excluding hydrogens is 466 g/mol. The third-order valence-electron chi connectivity index (χ3n) is 5.20. The Balaban J connectivity index is 1.72. The van der Waals surface area contributed by atoms with E-state index in [4.69, 9.17) is 4.74 Å². The van der Waals surface area contributed by atoms with E-state index >= 15 is 0 Å². The van der Waals surface area contributed by atoms with Gasteiger partial charge in [-0.3, -0.25) is 4.79 Å². The summed E-state index contributed by atoms with van der Waals surface area (Å²) in [4.78, 5) is 17.7. The van der Waals surface area contributed by atoms with Gasteiger partial charge in [-0.25, -0.2) is 17.7 Å². The van der Waals surface area contributed by atoms with E-state index in [1.54, 1.807) is 54.6 Å². The number of carbonyl (C=O) groups excluding carboxylic acids is 1. The zero-order chi connectivity index (χ0) is 24.3. The number of rotatable bonds is 7. The predicted octanol–water partition coefficient (Wildman–Crippen LogP) is 4.48. The van der Waals surface area contributed by atoms with Gasteiger partial charge in [-0.2, -0.15) is 8.78 Å². The van der Waals surface area contributed by atoms with Crippen molar-refractivity contribution in [1.29, 1.82) is 0 Å². The van der Waals surface area contributed by atoms with Crippen LogP contribution in [-0.4, -0.2) is 38.1 Å². The molecule has 10 heteroatoms. The van der Waals surface area contributed by atoms with E-state index in [9.17, 15) is 22.0 Å². The Bertz CT molecular complexity index is 1300. The molecule has 1 atom stereocenters. The van der Waals surface area contributed by atoms with E-state index in [1.165, 1.54) is 31.4 Å². The van der Waals surface area contributed by atoms with Gasteiger partial charge in [0.2, 0.25) is 0 Å². The lowest BCUT2D eigenvalue weighted by Gasteiger charge is -2.17. The van der Waals surface area contributed by atoms with Crippen molar-refractivity contribution in [1.82, 2.24) is 4.31 Å². The molecule has 3 aromatic carbocycles. The summed E-state index contributed by atoms with van der Waals surface area (Å²) >= 11 is 0. The molecular formula is C24H20F2N2O5S. The van der Waals surface area contributed by atoms with Crippen molar-refractivity contribution in [2.75, 3.05) is 7.11 Å². The molecule has 0 radical (unpaired) electrons. The minimum absolute atomic E-state index is 0.0710. The number of carbonyl (C=O) groups is 1. The Morgan fingerprint density at radius 2 is 1.56 bits per heavy atom.